The number of likely N-dealkylation sites (tertiary alicyclic amines) is 2. The van der Waals surface area contributed by atoms with Crippen molar-refractivity contribution in [2.75, 3.05) is 39.3 Å². The third kappa shape index (κ3) is 10.1. The quantitative estimate of drug-likeness (QED) is 0.141. The van der Waals surface area contributed by atoms with Gasteiger partial charge < -0.3 is 39.9 Å². The van der Waals surface area contributed by atoms with Gasteiger partial charge in [-0.05, 0) is 78.0 Å². The number of carbonyl (C=O) groups excluding carboxylic acids is 4. The zero-order valence-electron chi connectivity index (χ0n) is 36.6. The van der Waals surface area contributed by atoms with Crippen LogP contribution in [0.4, 0.5) is 9.59 Å². The van der Waals surface area contributed by atoms with Crippen LogP contribution in [0.2, 0.25) is 0 Å². The molecule has 4 N–H and O–H groups in total. The minimum Gasteiger partial charge on any atom is -0.453 e. The molecule has 2 aliphatic heterocycles. The van der Waals surface area contributed by atoms with E-state index < -0.39 is 34.1 Å². The van der Waals surface area contributed by atoms with Crippen molar-refractivity contribution in [2.45, 2.75) is 89.9 Å². The third-order valence-electron chi connectivity index (χ3n) is 12.4. The standard InChI is InChI=1S/C46H56N8O8S/c1-7-28-19-22-54(43(55)35(51-45(57)61-4)20-23-63(6,59)60)40(28)42-48-34-18-17-32(25-36(34)49-42)30-11-8-10-29(13-14-30)31-15-16-33(24-31)37-26-47-41(50-37)38-12-9-21-53(38)44(56)39(27(2)3)52-46(58)62-5/h13-18,25-28,35,38-40H,7,9,11-12,19-24H2,1-6H3,(H,47,50)(H,48,49)(H,51,57)(H,52,58)/t28-,35+,38+,39?,40+/m1/s1. The van der Waals surface area contributed by atoms with E-state index in [1.165, 1.54) is 14.2 Å². The lowest BCUT2D eigenvalue weighted by Crippen LogP contribution is -2.51. The van der Waals surface area contributed by atoms with Crippen molar-refractivity contribution >= 4 is 56.0 Å². The summed E-state index contributed by atoms with van der Waals surface area (Å²) >= 11 is 0. The first-order valence-corrected chi connectivity index (χ1v) is 23.6. The normalized spacial score (nSPS) is 20.8. The average molecular weight is 881 g/mol. The van der Waals surface area contributed by atoms with Gasteiger partial charge in [-0.1, -0.05) is 63.3 Å². The summed E-state index contributed by atoms with van der Waals surface area (Å²) in [5.41, 5.74) is 7.57. The SMILES string of the molecule is CC[C@@H]1CCN(C(=O)[C@H](CCS(C)(=O)=O)NC(=O)OC)[C@@H]1c1nc2ccc(C3=CC=C(C4=CC=C(c5cnc([C@@H]6CCCN6C(=O)C(NC(=O)OC)C(C)C)[nH]5)C4)C#CC3)cc2[nH]1. The molecule has 4 amide bonds. The zero-order chi connectivity index (χ0) is 45.0. The van der Waals surface area contributed by atoms with Crippen molar-refractivity contribution in [3.8, 4) is 11.8 Å². The lowest BCUT2D eigenvalue weighted by molar-refractivity contribution is -0.136. The highest BCUT2D eigenvalue weighted by Gasteiger charge is 2.42. The van der Waals surface area contributed by atoms with Gasteiger partial charge in [-0.15, -0.1) is 0 Å². The van der Waals surface area contributed by atoms with Gasteiger partial charge in [0.1, 0.15) is 33.6 Å². The Hall–Kier alpha value is -6.15. The molecule has 0 radical (unpaired) electrons. The number of rotatable bonds is 14. The van der Waals surface area contributed by atoms with Crippen LogP contribution in [0.5, 0.6) is 0 Å². The minimum absolute atomic E-state index is 0.0753. The Morgan fingerprint density at radius 3 is 2.40 bits per heavy atom. The first-order valence-electron chi connectivity index (χ1n) is 21.5. The van der Waals surface area contributed by atoms with Crippen molar-refractivity contribution in [3.63, 3.8) is 0 Å². The highest BCUT2D eigenvalue weighted by atomic mass is 32.2. The maximum atomic E-state index is 14.0. The fourth-order valence-electron chi connectivity index (χ4n) is 8.92. The molecule has 2 aromatic heterocycles. The number of sulfone groups is 1. The molecule has 3 aromatic rings. The van der Waals surface area contributed by atoms with Gasteiger partial charge in [0.15, 0.2) is 0 Å². The number of aromatic nitrogens is 4. The number of allylic oxidation sites excluding steroid dienone is 8. The fraction of sp³-hybridized carbons (Fsp3) is 0.478. The van der Waals surface area contributed by atoms with Crippen molar-refractivity contribution in [1.82, 2.24) is 40.4 Å². The summed E-state index contributed by atoms with van der Waals surface area (Å²) in [5, 5.41) is 5.25. The molecule has 2 fully saturated rings. The summed E-state index contributed by atoms with van der Waals surface area (Å²) < 4.78 is 33.5. The summed E-state index contributed by atoms with van der Waals surface area (Å²) in [6.45, 7) is 6.88. The molecular weight excluding hydrogens is 825 g/mol. The molecule has 2 aliphatic carbocycles. The molecule has 16 nitrogen and oxygen atoms in total. The molecule has 5 atom stereocenters. The van der Waals surface area contributed by atoms with E-state index in [1.54, 1.807) is 9.80 Å². The van der Waals surface area contributed by atoms with Gasteiger partial charge in [0, 0.05) is 37.8 Å². The molecular formula is C46H56N8O8S. The second-order valence-electron chi connectivity index (χ2n) is 16.9. The number of H-pyrrole nitrogens is 2. The number of nitrogens with zero attached hydrogens (tertiary/aromatic N) is 4. The van der Waals surface area contributed by atoms with Gasteiger partial charge in [-0.3, -0.25) is 9.59 Å². The van der Waals surface area contributed by atoms with Crippen LogP contribution in [0.25, 0.3) is 22.2 Å². The summed E-state index contributed by atoms with van der Waals surface area (Å²) in [6, 6.07) is 3.65. The molecule has 334 valence electrons. The van der Waals surface area contributed by atoms with Crippen molar-refractivity contribution in [3.05, 3.63) is 82.8 Å². The van der Waals surface area contributed by atoms with Crippen LogP contribution in [0, 0.1) is 23.7 Å². The fourth-order valence-corrected chi connectivity index (χ4v) is 9.59. The molecule has 0 spiro atoms. The van der Waals surface area contributed by atoms with Gasteiger partial charge in [0.2, 0.25) is 11.8 Å². The van der Waals surface area contributed by atoms with Crippen LogP contribution in [-0.4, -0.2) is 114 Å². The number of aromatic amines is 2. The summed E-state index contributed by atoms with van der Waals surface area (Å²) in [5.74, 6) is 7.28. The molecule has 1 unspecified atom stereocenters. The molecule has 63 heavy (non-hydrogen) atoms. The van der Waals surface area contributed by atoms with Crippen molar-refractivity contribution in [2.24, 2.45) is 11.8 Å². The monoisotopic (exact) mass is 880 g/mol. The summed E-state index contributed by atoms with van der Waals surface area (Å²) in [7, 11) is -0.909. The number of ether oxygens (including phenoxy) is 2. The van der Waals surface area contributed by atoms with Crippen molar-refractivity contribution < 1.29 is 37.1 Å². The van der Waals surface area contributed by atoms with Gasteiger partial charge in [0.05, 0.1) is 55.0 Å². The van der Waals surface area contributed by atoms with Crippen LogP contribution in [0.3, 0.4) is 0 Å². The Labute approximate surface area is 368 Å². The van der Waals surface area contributed by atoms with E-state index in [4.69, 9.17) is 19.4 Å². The van der Waals surface area contributed by atoms with E-state index in [0.29, 0.717) is 31.8 Å². The van der Waals surface area contributed by atoms with E-state index in [9.17, 15) is 27.6 Å². The molecule has 17 heteroatoms. The highest BCUT2D eigenvalue weighted by molar-refractivity contribution is 7.90. The van der Waals surface area contributed by atoms with Crippen LogP contribution < -0.4 is 10.6 Å². The van der Waals surface area contributed by atoms with Gasteiger partial charge in [-0.2, -0.15) is 0 Å². The predicted octanol–water partition coefficient (Wildman–Crippen LogP) is 5.92. The Bertz CT molecular complexity index is 2570. The summed E-state index contributed by atoms with van der Waals surface area (Å²) in [6.07, 6.45) is 14.1. The first kappa shape index (κ1) is 44.9. The lowest BCUT2D eigenvalue weighted by Gasteiger charge is -2.30. The second-order valence-corrected chi connectivity index (χ2v) is 19.2. The first-order chi connectivity index (χ1) is 30.2. The topological polar surface area (TPSA) is 209 Å². The van der Waals surface area contributed by atoms with Gasteiger partial charge in [0.25, 0.3) is 0 Å². The average Bonchev–Trinajstić information content (AvgIpc) is 4.12. The van der Waals surface area contributed by atoms with Gasteiger partial charge in [-0.25, -0.2) is 28.0 Å². The minimum atomic E-state index is -3.39. The van der Waals surface area contributed by atoms with Crippen LogP contribution >= 0.6 is 0 Å². The number of carbonyl (C=O) groups is 4. The predicted molar refractivity (Wildman–Crippen MR) is 238 cm³/mol. The number of hydrogen-bond donors (Lipinski definition) is 4. The molecule has 1 aromatic carbocycles. The van der Waals surface area contributed by atoms with Crippen LogP contribution in [0.1, 0.15) is 101 Å². The zero-order valence-corrected chi connectivity index (χ0v) is 37.4. The van der Waals surface area contributed by atoms with E-state index in [2.05, 4.69) is 69.7 Å². The van der Waals surface area contributed by atoms with Crippen LogP contribution in [0.15, 0.2) is 59.8 Å². The maximum absolute atomic E-state index is 14.0. The largest absolute Gasteiger partial charge is 0.453 e. The Morgan fingerprint density at radius 1 is 0.921 bits per heavy atom. The molecule has 7 rings (SSSR count). The van der Waals surface area contributed by atoms with Gasteiger partial charge >= 0.3 is 12.2 Å². The number of hydrogen-bond acceptors (Lipinski definition) is 10. The lowest BCUT2D eigenvalue weighted by atomic mass is 9.96. The second kappa shape index (κ2) is 19.1. The number of alkyl carbamates (subject to hydrolysis) is 2. The molecule has 2 saturated heterocycles. The van der Waals surface area contributed by atoms with Crippen molar-refractivity contribution in [1.29, 1.82) is 0 Å². The van der Waals surface area contributed by atoms with Crippen LogP contribution in [-0.2, 0) is 28.9 Å². The number of fused-ring (bicyclic) bond motifs is 1. The van der Waals surface area contributed by atoms with E-state index in [-0.39, 0.29) is 47.9 Å². The molecule has 4 heterocycles. The number of imidazole rings is 2. The molecule has 0 bridgehead atoms. The Kier molecular flexibility index (Phi) is 13.6. The number of benzene rings is 1. The molecule has 4 aliphatic rings. The third-order valence-corrected chi connectivity index (χ3v) is 13.4. The summed E-state index contributed by atoms with van der Waals surface area (Å²) in [4.78, 5) is 71.9. The van der Waals surface area contributed by atoms with E-state index in [1.807, 2.05) is 32.2 Å². The highest BCUT2D eigenvalue weighted by Crippen LogP contribution is 2.40. The molecule has 0 saturated carbocycles. The van der Waals surface area contributed by atoms with E-state index in [0.717, 1.165) is 82.3 Å². The number of nitrogens with one attached hydrogen (secondary N) is 4. The Balaban J connectivity index is 1.03. The smallest absolute Gasteiger partial charge is 0.407 e. The number of methoxy groups -OCH3 is 2. The maximum Gasteiger partial charge on any atom is 0.407 e. The van der Waals surface area contributed by atoms with E-state index >= 15 is 0 Å². The Morgan fingerprint density at radius 2 is 1.67 bits per heavy atom. The number of amides is 4.